The molecule has 0 aliphatic carbocycles. The number of carboxylic acid groups (broad SMARTS) is 1. The normalized spacial score (nSPS) is 10.2. The average Bonchev–Trinajstić information content (AvgIpc) is 2.36. The van der Waals surface area contributed by atoms with Gasteiger partial charge in [0.1, 0.15) is 5.82 Å². The molecular formula is C14H15N3O2. The molecule has 2 rings (SSSR count). The van der Waals surface area contributed by atoms with Crippen LogP contribution >= 0.6 is 0 Å². The predicted molar refractivity (Wildman–Crippen MR) is 74.8 cm³/mol. The number of anilines is 3. The lowest BCUT2D eigenvalue weighted by molar-refractivity contribution is 0.0697. The van der Waals surface area contributed by atoms with Crippen LogP contribution < -0.4 is 11.1 Å². The van der Waals surface area contributed by atoms with Crippen LogP contribution in [0, 0.1) is 13.8 Å². The van der Waals surface area contributed by atoms with E-state index in [0.717, 1.165) is 16.9 Å². The second-order valence-corrected chi connectivity index (χ2v) is 4.33. The minimum Gasteiger partial charge on any atom is -0.478 e. The van der Waals surface area contributed by atoms with Crippen molar-refractivity contribution in [2.45, 2.75) is 13.8 Å². The molecule has 0 spiro atoms. The number of hydrogen-bond donors (Lipinski definition) is 3. The summed E-state index contributed by atoms with van der Waals surface area (Å²) in [4.78, 5) is 15.3. The van der Waals surface area contributed by atoms with Crippen molar-refractivity contribution in [3.63, 3.8) is 0 Å². The van der Waals surface area contributed by atoms with Gasteiger partial charge >= 0.3 is 5.97 Å². The number of hydrogen-bond acceptors (Lipinski definition) is 4. The van der Waals surface area contributed by atoms with Crippen molar-refractivity contribution in [2.24, 2.45) is 0 Å². The Hall–Kier alpha value is -2.56. The number of aromatic carboxylic acids is 1. The average molecular weight is 257 g/mol. The molecular weight excluding hydrogens is 242 g/mol. The molecule has 0 amide bonds. The zero-order valence-corrected chi connectivity index (χ0v) is 10.8. The van der Waals surface area contributed by atoms with Crippen molar-refractivity contribution >= 4 is 23.2 Å². The van der Waals surface area contributed by atoms with Crippen molar-refractivity contribution in [3.05, 3.63) is 47.2 Å². The van der Waals surface area contributed by atoms with Gasteiger partial charge in [0.15, 0.2) is 0 Å². The van der Waals surface area contributed by atoms with Gasteiger partial charge in [0.2, 0.25) is 0 Å². The Morgan fingerprint density at radius 1 is 1.26 bits per heavy atom. The Bertz CT molecular complexity index is 639. The summed E-state index contributed by atoms with van der Waals surface area (Å²) < 4.78 is 0. The van der Waals surface area contributed by atoms with Gasteiger partial charge in [0.05, 0.1) is 16.9 Å². The van der Waals surface area contributed by atoms with Gasteiger partial charge in [-0.05, 0) is 43.7 Å². The van der Waals surface area contributed by atoms with Crippen LogP contribution in [0.15, 0.2) is 30.3 Å². The van der Waals surface area contributed by atoms with Crippen LogP contribution in [-0.4, -0.2) is 16.1 Å². The number of aromatic nitrogens is 1. The van der Waals surface area contributed by atoms with Gasteiger partial charge in [0.25, 0.3) is 0 Å². The highest BCUT2D eigenvalue weighted by molar-refractivity contribution is 5.89. The molecule has 98 valence electrons. The van der Waals surface area contributed by atoms with Crippen LogP contribution in [0.2, 0.25) is 0 Å². The zero-order chi connectivity index (χ0) is 14.0. The molecule has 0 saturated heterocycles. The SMILES string of the molecule is Cc1ccc(C(=O)O)cc1Nc1ccc(N)c(C)n1. The van der Waals surface area contributed by atoms with E-state index in [9.17, 15) is 4.79 Å². The van der Waals surface area contributed by atoms with Gasteiger partial charge in [-0.1, -0.05) is 6.07 Å². The molecule has 19 heavy (non-hydrogen) atoms. The lowest BCUT2D eigenvalue weighted by atomic mass is 10.1. The summed E-state index contributed by atoms with van der Waals surface area (Å²) in [5.41, 5.74) is 8.97. The van der Waals surface area contributed by atoms with E-state index in [0.29, 0.717) is 11.5 Å². The van der Waals surface area contributed by atoms with Gasteiger partial charge in [-0.2, -0.15) is 0 Å². The number of carboxylic acids is 1. The first-order valence-corrected chi connectivity index (χ1v) is 5.81. The summed E-state index contributed by atoms with van der Waals surface area (Å²) >= 11 is 0. The van der Waals surface area contributed by atoms with Crippen LogP contribution in [0.3, 0.4) is 0 Å². The van der Waals surface area contributed by atoms with Gasteiger partial charge in [-0.3, -0.25) is 0 Å². The Balaban J connectivity index is 2.34. The van der Waals surface area contributed by atoms with Crippen LogP contribution in [0.25, 0.3) is 0 Å². The summed E-state index contributed by atoms with van der Waals surface area (Å²) in [7, 11) is 0. The maximum Gasteiger partial charge on any atom is 0.335 e. The summed E-state index contributed by atoms with van der Waals surface area (Å²) in [5.74, 6) is -0.318. The highest BCUT2D eigenvalue weighted by Gasteiger charge is 2.07. The van der Waals surface area contributed by atoms with Crippen molar-refractivity contribution in [3.8, 4) is 0 Å². The first kappa shape index (κ1) is 12.9. The van der Waals surface area contributed by atoms with E-state index in [4.69, 9.17) is 10.8 Å². The number of nitrogens with zero attached hydrogens (tertiary/aromatic N) is 1. The number of nitrogen functional groups attached to an aromatic ring is 1. The monoisotopic (exact) mass is 257 g/mol. The summed E-state index contributed by atoms with van der Waals surface area (Å²) in [6, 6.07) is 8.45. The predicted octanol–water partition coefficient (Wildman–Crippen LogP) is 2.72. The molecule has 1 aromatic heterocycles. The molecule has 2 aromatic rings. The maximum atomic E-state index is 11.0. The van der Waals surface area contributed by atoms with Gasteiger partial charge in [0, 0.05) is 5.69 Å². The van der Waals surface area contributed by atoms with E-state index in [1.54, 1.807) is 30.3 Å². The van der Waals surface area contributed by atoms with Crippen LogP contribution in [-0.2, 0) is 0 Å². The van der Waals surface area contributed by atoms with Crippen LogP contribution in [0.1, 0.15) is 21.6 Å². The van der Waals surface area contributed by atoms with Crippen molar-refractivity contribution in [2.75, 3.05) is 11.1 Å². The highest BCUT2D eigenvalue weighted by atomic mass is 16.4. The number of benzene rings is 1. The lowest BCUT2D eigenvalue weighted by Crippen LogP contribution is -2.02. The molecule has 5 nitrogen and oxygen atoms in total. The quantitative estimate of drug-likeness (QED) is 0.786. The fourth-order valence-electron chi connectivity index (χ4n) is 1.67. The Kier molecular flexibility index (Phi) is 3.37. The van der Waals surface area contributed by atoms with Crippen molar-refractivity contribution < 1.29 is 9.90 Å². The maximum absolute atomic E-state index is 11.0. The van der Waals surface area contributed by atoms with E-state index in [2.05, 4.69) is 10.3 Å². The van der Waals surface area contributed by atoms with E-state index < -0.39 is 5.97 Å². The highest BCUT2D eigenvalue weighted by Crippen LogP contribution is 2.22. The fourth-order valence-corrected chi connectivity index (χ4v) is 1.67. The molecule has 0 bridgehead atoms. The largest absolute Gasteiger partial charge is 0.478 e. The molecule has 4 N–H and O–H groups in total. The fraction of sp³-hybridized carbons (Fsp3) is 0.143. The first-order chi connectivity index (χ1) is 8.97. The third-order valence-corrected chi connectivity index (χ3v) is 2.87. The second-order valence-electron chi connectivity index (χ2n) is 4.33. The van der Waals surface area contributed by atoms with E-state index in [1.807, 2.05) is 13.8 Å². The molecule has 0 atom stereocenters. The standard InChI is InChI=1S/C14H15N3O2/c1-8-3-4-10(14(18)19)7-12(8)17-13-6-5-11(15)9(2)16-13/h3-7H,15H2,1-2H3,(H,16,17)(H,18,19). The van der Waals surface area contributed by atoms with Crippen molar-refractivity contribution in [1.82, 2.24) is 4.98 Å². The van der Waals surface area contributed by atoms with E-state index in [1.165, 1.54) is 0 Å². The lowest BCUT2D eigenvalue weighted by Gasteiger charge is -2.11. The second kappa shape index (κ2) is 4.97. The molecule has 0 radical (unpaired) electrons. The van der Waals surface area contributed by atoms with Crippen LogP contribution in [0.5, 0.6) is 0 Å². The van der Waals surface area contributed by atoms with Gasteiger partial charge < -0.3 is 16.2 Å². The molecule has 1 aromatic carbocycles. The molecule has 5 heteroatoms. The molecule has 0 saturated carbocycles. The number of carbonyl (C=O) groups is 1. The number of rotatable bonds is 3. The number of nitrogens with two attached hydrogens (primary N) is 1. The van der Waals surface area contributed by atoms with Crippen LogP contribution in [0.4, 0.5) is 17.2 Å². The number of pyridine rings is 1. The third-order valence-electron chi connectivity index (χ3n) is 2.87. The summed E-state index contributed by atoms with van der Waals surface area (Å²) in [6.07, 6.45) is 0. The minimum atomic E-state index is -0.954. The molecule has 0 unspecified atom stereocenters. The number of nitrogens with one attached hydrogen (secondary N) is 1. The topological polar surface area (TPSA) is 88.2 Å². The summed E-state index contributed by atoms with van der Waals surface area (Å²) in [6.45, 7) is 3.72. The smallest absolute Gasteiger partial charge is 0.335 e. The zero-order valence-electron chi connectivity index (χ0n) is 10.8. The molecule has 0 fully saturated rings. The molecule has 0 aliphatic heterocycles. The van der Waals surface area contributed by atoms with Gasteiger partial charge in [-0.15, -0.1) is 0 Å². The van der Waals surface area contributed by atoms with Gasteiger partial charge in [-0.25, -0.2) is 9.78 Å². The molecule has 0 aliphatic rings. The Morgan fingerprint density at radius 2 is 2.00 bits per heavy atom. The van der Waals surface area contributed by atoms with E-state index in [-0.39, 0.29) is 5.56 Å². The molecule has 1 heterocycles. The summed E-state index contributed by atoms with van der Waals surface area (Å²) in [5, 5.41) is 12.1. The Morgan fingerprint density at radius 3 is 2.63 bits per heavy atom. The third kappa shape index (κ3) is 2.82. The minimum absolute atomic E-state index is 0.236. The van der Waals surface area contributed by atoms with E-state index >= 15 is 0 Å². The van der Waals surface area contributed by atoms with Crippen molar-refractivity contribution in [1.29, 1.82) is 0 Å². The Labute approximate surface area is 111 Å². The number of aryl methyl sites for hydroxylation is 2. The first-order valence-electron chi connectivity index (χ1n) is 5.81.